The molecule has 0 spiro atoms. The number of nitrogens with one attached hydrogen (secondary N) is 1. The highest BCUT2D eigenvalue weighted by molar-refractivity contribution is 5.84. The predicted octanol–water partition coefficient (Wildman–Crippen LogP) is 2.68. The Morgan fingerprint density at radius 1 is 1.30 bits per heavy atom. The molecule has 0 aliphatic rings. The van der Waals surface area contributed by atoms with Gasteiger partial charge in [0.15, 0.2) is 5.96 Å². The van der Waals surface area contributed by atoms with Crippen LogP contribution in [0.1, 0.15) is 25.0 Å². The zero-order valence-corrected chi connectivity index (χ0v) is 12.6. The number of hydrogen-bond donors (Lipinski definition) is 2. The van der Waals surface area contributed by atoms with E-state index in [1.165, 1.54) is 22.0 Å². The minimum Gasteiger partial charge on any atom is -0.370 e. The number of fused-ring (bicyclic) bond motifs is 1. The van der Waals surface area contributed by atoms with E-state index in [1.54, 1.807) is 0 Å². The van der Waals surface area contributed by atoms with Gasteiger partial charge in [-0.15, -0.1) is 0 Å². The number of aryl methyl sites for hydroxylation is 1. The fourth-order valence-electron chi connectivity index (χ4n) is 2.45. The monoisotopic (exact) mass is 272 g/mol. The zero-order chi connectivity index (χ0) is 14.5. The summed E-state index contributed by atoms with van der Waals surface area (Å²) in [5.74, 6) is 0.644. The summed E-state index contributed by atoms with van der Waals surface area (Å²) in [6.45, 7) is 8.82. The summed E-state index contributed by atoms with van der Waals surface area (Å²) in [7, 11) is 0. The van der Waals surface area contributed by atoms with E-state index in [-0.39, 0.29) is 0 Å². The van der Waals surface area contributed by atoms with Crippen LogP contribution in [-0.2, 0) is 6.42 Å². The molecule has 4 heteroatoms. The van der Waals surface area contributed by atoms with E-state index in [0.29, 0.717) is 5.96 Å². The van der Waals surface area contributed by atoms with E-state index in [1.807, 2.05) is 0 Å². The van der Waals surface area contributed by atoms with Gasteiger partial charge in [-0.05, 0) is 44.4 Å². The Labute approximate surface area is 120 Å². The molecule has 4 nitrogen and oxygen atoms in total. The highest BCUT2D eigenvalue weighted by Crippen LogP contribution is 2.19. The number of hydrogen-bond acceptors (Lipinski definition) is 1. The van der Waals surface area contributed by atoms with Gasteiger partial charge in [0.1, 0.15) is 0 Å². The van der Waals surface area contributed by atoms with Crippen LogP contribution in [0, 0.1) is 6.92 Å². The number of aliphatic imine (C=N–C) groups is 1. The van der Waals surface area contributed by atoms with Crippen molar-refractivity contribution in [3.63, 3.8) is 0 Å². The van der Waals surface area contributed by atoms with Gasteiger partial charge < -0.3 is 15.6 Å². The van der Waals surface area contributed by atoms with E-state index in [9.17, 15) is 0 Å². The first kappa shape index (κ1) is 14.4. The second kappa shape index (κ2) is 6.46. The van der Waals surface area contributed by atoms with Crippen molar-refractivity contribution in [3.05, 3.63) is 35.5 Å². The molecular weight excluding hydrogens is 248 g/mol. The Morgan fingerprint density at radius 2 is 2.05 bits per heavy atom. The number of rotatable bonds is 5. The molecule has 0 bridgehead atoms. The molecule has 0 saturated carbocycles. The van der Waals surface area contributed by atoms with Crippen LogP contribution < -0.4 is 5.73 Å². The van der Waals surface area contributed by atoms with Crippen LogP contribution >= 0.6 is 0 Å². The summed E-state index contributed by atoms with van der Waals surface area (Å²) in [6, 6.07) is 6.49. The van der Waals surface area contributed by atoms with E-state index in [2.05, 4.69) is 60.0 Å². The van der Waals surface area contributed by atoms with Crippen LogP contribution in [0.3, 0.4) is 0 Å². The molecule has 108 valence electrons. The van der Waals surface area contributed by atoms with Gasteiger partial charge in [-0.25, -0.2) is 0 Å². The fraction of sp³-hybridized carbons (Fsp3) is 0.438. The lowest BCUT2D eigenvalue weighted by Crippen LogP contribution is -2.37. The van der Waals surface area contributed by atoms with Gasteiger partial charge in [0.25, 0.3) is 0 Å². The normalized spacial score (nSPS) is 12.1. The summed E-state index contributed by atoms with van der Waals surface area (Å²) in [6.07, 6.45) is 2.98. The Morgan fingerprint density at radius 3 is 2.75 bits per heavy atom. The molecule has 2 rings (SSSR count). The van der Waals surface area contributed by atoms with Crippen molar-refractivity contribution in [1.29, 1.82) is 0 Å². The SMILES string of the molecule is CCN(CC)C(N)=NCCc1c[nH]c2cc(C)ccc12. The molecule has 0 aliphatic heterocycles. The van der Waals surface area contributed by atoms with Crippen molar-refractivity contribution in [2.24, 2.45) is 10.7 Å². The minimum atomic E-state index is 0.644. The Balaban J connectivity index is 2.04. The summed E-state index contributed by atoms with van der Waals surface area (Å²) in [5, 5.41) is 1.28. The molecule has 1 aromatic carbocycles. The first-order valence-corrected chi connectivity index (χ1v) is 7.27. The smallest absolute Gasteiger partial charge is 0.191 e. The van der Waals surface area contributed by atoms with Crippen molar-refractivity contribution >= 4 is 16.9 Å². The van der Waals surface area contributed by atoms with Gasteiger partial charge in [0.2, 0.25) is 0 Å². The third kappa shape index (κ3) is 3.13. The molecule has 0 saturated heterocycles. The second-order valence-corrected chi connectivity index (χ2v) is 5.03. The lowest BCUT2D eigenvalue weighted by molar-refractivity contribution is 0.458. The number of guanidine groups is 1. The highest BCUT2D eigenvalue weighted by atomic mass is 15.2. The maximum Gasteiger partial charge on any atom is 0.191 e. The van der Waals surface area contributed by atoms with Crippen molar-refractivity contribution in [2.45, 2.75) is 27.2 Å². The molecule has 0 aliphatic carbocycles. The average Bonchev–Trinajstić information content (AvgIpc) is 2.82. The van der Waals surface area contributed by atoms with Gasteiger partial charge in [0.05, 0.1) is 0 Å². The summed E-state index contributed by atoms with van der Waals surface area (Å²) >= 11 is 0. The number of aromatic amines is 1. The summed E-state index contributed by atoms with van der Waals surface area (Å²) in [5.41, 5.74) is 9.75. The third-order valence-electron chi connectivity index (χ3n) is 3.67. The van der Waals surface area contributed by atoms with E-state index < -0.39 is 0 Å². The topological polar surface area (TPSA) is 57.4 Å². The van der Waals surface area contributed by atoms with Gasteiger partial charge in [0, 0.05) is 36.7 Å². The number of aromatic nitrogens is 1. The number of nitrogens with two attached hydrogens (primary N) is 1. The maximum atomic E-state index is 5.98. The maximum absolute atomic E-state index is 5.98. The van der Waals surface area contributed by atoms with E-state index in [0.717, 1.165) is 26.1 Å². The van der Waals surface area contributed by atoms with Gasteiger partial charge in [-0.2, -0.15) is 0 Å². The van der Waals surface area contributed by atoms with Crippen LogP contribution in [0.15, 0.2) is 29.4 Å². The molecule has 0 amide bonds. The van der Waals surface area contributed by atoms with Crippen LogP contribution in [-0.4, -0.2) is 35.5 Å². The summed E-state index contributed by atoms with van der Waals surface area (Å²) < 4.78 is 0. The Kier molecular flexibility index (Phi) is 4.66. The summed E-state index contributed by atoms with van der Waals surface area (Å²) in [4.78, 5) is 9.86. The zero-order valence-electron chi connectivity index (χ0n) is 12.6. The van der Waals surface area contributed by atoms with Crippen LogP contribution in [0.5, 0.6) is 0 Å². The number of H-pyrrole nitrogens is 1. The van der Waals surface area contributed by atoms with Crippen molar-refractivity contribution in [1.82, 2.24) is 9.88 Å². The number of benzene rings is 1. The molecule has 1 aromatic heterocycles. The molecule has 0 unspecified atom stereocenters. The van der Waals surface area contributed by atoms with Gasteiger partial charge in [-0.3, -0.25) is 4.99 Å². The molecule has 20 heavy (non-hydrogen) atoms. The lowest BCUT2D eigenvalue weighted by Gasteiger charge is -2.19. The van der Waals surface area contributed by atoms with Gasteiger partial charge in [-0.1, -0.05) is 12.1 Å². The second-order valence-electron chi connectivity index (χ2n) is 5.03. The van der Waals surface area contributed by atoms with Gasteiger partial charge >= 0.3 is 0 Å². The van der Waals surface area contributed by atoms with Crippen molar-refractivity contribution in [3.8, 4) is 0 Å². The molecular formula is C16H24N4. The predicted molar refractivity (Wildman–Crippen MR) is 86.2 cm³/mol. The van der Waals surface area contributed by atoms with Crippen LogP contribution in [0.25, 0.3) is 10.9 Å². The van der Waals surface area contributed by atoms with E-state index in [4.69, 9.17) is 5.73 Å². The largest absolute Gasteiger partial charge is 0.370 e. The highest BCUT2D eigenvalue weighted by Gasteiger charge is 2.04. The molecule has 2 aromatic rings. The number of nitrogens with zero attached hydrogens (tertiary/aromatic N) is 2. The molecule has 1 heterocycles. The molecule has 3 N–H and O–H groups in total. The first-order valence-electron chi connectivity index (χ1n) is 7.27. The third-order valence-corrected chi connectivity index (χ3v) is 3.67. The quantitative estimate of drug-likeness (QED) is 0.649. The minimum absolute atomic E-state index is 0.644. The lowest BCUT2D eigenvalue weighted by atomic mass is 10.1. The standard InChI is InChI=1S/C16H24N4/c1-4-20(5-2)16(17)18-9-8-13-11-19-15-10-12(3)6-7-14(13)15/h6-7,10-11,19H,4-5,8-9H2,1-3H3,(H2,17,18). The fourth-order valence-corrected chi connectivity index (χ4v) is 2.45. The van der Waals surface area contributed by atoms with Crippen molar-refractivity contribution < 1.29 is 0 Å². The molecule has 0 fully saturated rings. The Bertz CT molecular complexity index is 594. The van der Waals surface area contributed by atoms with Crippen LogP contribution in [0.4, 0.5) is 0 Å². The Hall–Kier alpha value is -1.97. The van der Waals surface area contributed by atoms with Crippen molar-refractivity contribution in [2.75, 3.05) is 19.6 Å². The molecule has 0 atom stereocenters. The molecule has 0 radical (unpaired) electrons. The van der Waals surface area contributed by atoms with E-state index >= 15 is 0 Å². The average molecular weight is 272 g/mol. The first-order chi connectivity index (χ1) is 9.65. The van der Waals surface area contributed by atoms with Crippen LogP contribution in [0.2, 0.25) is 0 Å².